The topological polar surface area (TPSA) is 93.2 Å². The van der Waals surface area contributed by atoms with Gasteiger partial charge in [0.05, 0.1) is 43.4 Å². The highest BCUT2D eigenvalue weighted by Crippen LogP contribution is 2.53. The molecule has 82 heavy (non-hydrogen) atoms. The van der Waals surface area contributed by atoms with Crippen molar-refractivity contribution in [3.05, 3.63) is 55.9 Å². The number of ether oxygens (including phenoxy) is 2. The Balaban J connectivity index is 1.01. The number of carbonyl (C=O) groups excluding carboxylic acids is 4. The molecule has 0 saturated heterocycles. The number of amides is 2. The second-order valence-electron chi connectivity index (χ2n) is 25.1. The molecule has 0 fully saturated rings. The molecule has 0 saturated carbocycles. The fourth-order valence-electron chi connectivity index (χ4n) is 13.6. The Bertz CT molecular complexity index is 2330. The molecule has 454 valence electrons. The summed E-state index contributed by atoms with van der Waals surface area (Å²) in [7, 11) is 0. The van der Waals surface area contributed by atoms with Crippen molar-refractivity contribution in [3.8, 4) is 11.5 Å². The van der Waals surface area contributed by atoms with Crippen LogP contribution in [-0.4, -0.2) is 36.8 Å². The number of benzene rings is 1. The van der Waals surface area contributed by atoms with Gasteiger partial charge in [0, 0.05) is 24.2 Å². The molecule has 0 aliphatic carbocycles. The van der Waals surface area contributed by atoms with E-state index in [1.165, 1.54) is 280 Å². The van der Waals surface area contributed by atoms with Crippen LogP contribution in [-0.2, 0) is 19.2 Å². The minimum atomic E-state index is -0.583. The van der Waals surface area contributed by atoms with Crippen LogP contribution in [0.2, 0.25) is 0 Å². The lowest BCUT2D eigenvalue weighted by Gasteiger charge is -2.22. The molecule has 2 aromatic heterocycles. The molecule has 0 radical (unpaired) electrons. The number of hydrogen-bond donors (Lipinski definition) is 0. The van der Waals surface area contributed by atoms with Crippen LogP contribution in [0.5, 0.6) is 11.5 Å². The molecule has 7 rings (SSSR count). The van der Waals surface area contributed by atoms with Gasteiger partial charge in [-0.15, -0.1) is 22.7 Å². The third kappa shape index (κ3) is 19.0. The maximum Gasteiger partial charge on any atom is 0.345 e. The Kier molecular flexibility index (Phi) is 29.4. The Morgan fingerprint density at radius 1 is 0.354 bits per heavy atom. The molecule has 0 spiro atoms. The summed E-state index contributed by atoms with van der Waals surface area (Å²) in [6, 6.07) is 7.41. The molecule has 2 unspecified atom stereocenters. The number of fused-ring (bicyclic) bond motifs is 4. The van der Waals surface area contributed by atoms with Gasteiger partial charge < -0.3 is 19.3 Å². The lowest BCUT2D eigenvalue weighted by Crippen LogP contribution is -2.29. The number of unbranched alkanes of at least 4 members (excludes halogenated alkanes) is 32. The molecule has 4 aliphatic heterocycles. The minimum Gasteiger partial charge on any atom is -0.422 e. The van der Waals surface area contributed by atoms with Crippen LogP contribution >= 0.6 is 22.7 Å². The van der Waals surface area contributed by atoms with E-state index in [2.05, 4.69) is 27.7 Å². The largest absolute Gasteiger partial charge is 0.422 e. The number of carbonyl (C=O) groups is 4. The summed E-state index contributed by atoms with van der Waals surface area (Å²) in [6.45, 7) is 10.3. The SMILES string of the molecule is CCCCCCCCCCCCC(CCCCCCCCCC)CCN1C(=O)/C(=C2/C(=O)Oc3cc4c(cc32)OC(=O)/C4=C2\C(=O)N(CCC(CCCCCCCCCC)CCCCCCCCCCCC)c3ccsc32)c2sccc21. The van der Waals surface area contributed by atoms with Crippen LogP contribution in [0.3, 0.4) is 0 Å². The minimum absolute atomic E-state index is 0.169. The van der Waals surface area contributed by atoms with E-state index in [1.807, 2.05) is 32.7 Å². The summed E-state index contributed by atoms with van der Waals surface area (Å²) in [5.41, 5.74) is 3.78. The smallest absolute Gasteiger partial charge is 0.345 e. The summed E-state index contributed by atoms with van der Waals surface area (Å²) in [6.07, 6.45) is 54.1. The van der Waals surface area contributed by atoms with Crippen molar-refractivity contribution in [2.45, 2.75) is 297 Å². The van der Waals surface area contributed by atoms with Gasteiger partial charge >= 0.3 is 11.9 Å². The Hall–Kier alpha value is -4.02. The predicted molar refractivity (Wildman–Crippen MR) is 348 cm³/mol. The number of rotatable bonds is 46. The third-order valence-corrected chi connectivity index (χ3v) is 20.4. The van der Waals surface area contributed by atoms with E-state index in [4.69, 9.17) is 9.47 Å². The molecular formula is C72H108N2O6S2. The van der Waals surface area contributed by atoms with Gasteiger partial charge in [-0.3, -0.25) is 9.59 Å². The number of nitrogens with zero attached hydrogens (tertiary/aromatic N) is 2. The number of anilines is 2. The standard InChI is InChI=1S/C72H108N2O6S2/c1-5-9-13-17-21-25-27-31-35-39-43-55(41-37-33-29-23-19-15-11-7-3)45-49-73-59-47-51-81-67(59)65(69(73)75)63-57-53-62-58(54-61(57)79-71(63)77)64(72(78)80-62)66-68-60(48-52-82-68)74(70(66)76)50-46-56(42-38-34-30-24-20-16-12-8-4)44-40-36-32-28-26-22-18-14-10-6-2/h47-48,51-56H,5-46,49-50H2,1-4H3/b65-63-,66-64+. The Morgan fingerprint density at radius 2 is 0.622 bits per heavy atom. The molecule has 1 aromatic carbocycles. The van der Waals surface area contributed by atoms with Crippen LogP contribution in [0.1, 0.15) is 318 Å². The zero-order valence-electron chi connectivity index (χ0n) is 51.9. The van der Waals surface area contributed by atoms with Gasteiger partial charge in [0.25, 0.3) is 11.8 Å². The first-order valence-electron chi connectivity index (χ1n) is 34.2. The maximum atomic E-state index is 14.8. The summed E-state index contributed by atoms with van der Waals surface area (Å²) in [4.78, 5) is 63.2. The highest BCUT2D eigenvalue weighted by atomic mass is 32.1. The molecule has 2 atom stereocenters. The first-order chi connectivity index (χ1) is 40.3. The molecule has 0 N–H and O–H groups in total. The average molecular weight is 1160 g/mol. The number of hydrogen-bond acceptors (Lipinski definition) is 8. The van der Waals surface area contributed by atoms with Gasteiger partial charge in [0.2, 0.25) is 0 Å². The summed E-state index contributed by atoms with van der Waals surface area (Å²) >= 11 is 2.96. The second kappa shape index (κ2) is 36.7. The van der Waals surface area contributed by atoms with E-state index in [0.717, 1.165) is 34.0 Å². The molecule has 0 bridgehead atoms. The monoisotopic (exact) mass is 1160 g/mol. The van der Waals surface area contributed by atoms with Gasteiger partial charge in [-0.2, -0.15) is 0 Å². The predicted octanol–water partition coefficient (Wildman–Crippen LogP) is 21.9. The normalized spacial score (nSPS) is 17.1. The zero-order chi connectivity index (χ0) is 57.7. The molecule has 3 aromatic rings. The van der Waals surface area contributed by atoms with Gasteiger partial charge in [-0.05, 0) is 59.7 Å². The first kappa shape index (κ1) is 65.5. The maximum absolute atomic E-state index is 14.8. The highest BCUT2D eigenvalue weighted by Gasteiger charge is 2.46. The van der Waals surface area contributed by atoms with Crippen LogP contribution in [0.4, 0.5) is 11.4 Å². The van der Waals surface area contributed by atoms with Crippen LogP contribution in [0.25, 0.3) is 22.3 Å². The summed E-state index contributed by atoms with van der Waals surface area (Å²) in [5, 5.41) is 4.01. The van der Waals surface area contributed by atoms with Crippen LogP contribution in [0, 0.1) is 11.8 Å². The summed E-state index contributed by atoms with van der Waals surface area (Å²) < 4.78 is 12.1. The van der Waals surface area contributed by atoms with Crippen molar-refractivity contribution >= 4 is 80.1 Å². The average Bonchev–Trinajstić information content (AvgIpc) is 2.30. The number of thiophene rings is 2. The Morgan fingerprint density at radius 3 is 0.902 bits per heavy atom. The van der Waals surface area contributed by atoms with Crippen molar-refractivity contribution in [1.82, 2.24) is 0 Å². The Labute approximate surface area is 505 Å². The highest BCUT2D eigenvalue weighted by molar-refractivity contribution is 7.13. The van der Waals surface area contributed by atoms with Gasteiger partial charge in [0.1, 0.15) is 11.5 Å². The zero-order valence-corrected chi connectivity index (χ0v) is 53.5. The lowest BCUT2D eigenvalue weighted by molar-refractivity contribution is -0.127. The van der Waals surface area contributed by atoms with Crippen LogP contribution in [0.15, 0.2) is 35.0 Å². The summed E-state index contributed by atoms with van der Waals surface area (Å²) in [5.74, 6) is 0.137. The molecule has 10 heteroatoms. The fraction of sp³-hybridized carbons (Fsp3) is 0.694. The molecular weight excluding hydrogens is 1050 g/mol. The van der Waals surface area contributed by atoms with E-state index >= 15 is 0 Å². The lowest BCUT2D eigenvalue weighted by atomic mass is 9.91. The van der Waals surface area contributed by atoms with E-state index in [9.17, 15) is 19.2 Å². The van der Waals surface area contributed by atoms with E-state index in [1.54, 1.807) is 12.1 Å². The third-order valence-electron chi connectivity index (χ3n) is 18.6. The van der Waals surface area contributed by atoms with Crippen molar-refractivity contribution in [2.24, 2.45) is 11.8 Å². The van der Waals surface area contributed by atoms with E-state index in [0.29, 0.717) is 47.2 Å². The quantitative estimate of drug-likeness (QED) is 0.0242. The van der Waals surface area contributed by atoms with Crippen molar-refractivity contribution in [3.63, 3.8) is 0 Å². The van der Waals surface area contributed by atoms with E-state index < -0.39 is 11.9 Å². The fourth-order valence-corrected chi connectivity index (χ4v) is 15.4. The van der Waals surface area contributed by atoms with Crippen molar-refractivity contribution in [2.75, 3.05) is 22.9 Å². The molecule has 8 nitrogen and oxygen atoms in total. The van der Waals surface area contributed by atoms with E-state index in [-0.39, 0.29) is 34.5 Å². The van der Waals surface area contributed by atoms with Gasteiger partial charge in [-0.1, -0.05) is 285 Å². The second-order valence-corrected chi connectivity index (χ2v) is 26.9. The number of esters is 2. The molecule has 4 aliphatic rings. The van der Waals surface area contributed by atoms with Gasteiger partial charge in [0.15, 0.2) is 0 Å². The van der Waals surface area contributed by atoms with Crippen molar-refractivity contribution in [1.29, 1.82) is 0 Å². The molecule has 6 heterocycles. The van der Waals surface area contributed by atoms with Crippen LogP contribution < -0.4 is 19.3 Å². The first-order valence-corrected chi connectivity index (χ1v) is 36.0. The molecule has 2 amide bonds. The van der Waals surface area contributed by atoms with Crippen molar-refractivity contribution < 1.29 is 28.7 Å². The van der Waals surface area contributed by atoms with Gasteiger partial charge in [-0.25, -0.2) is 9.59 Å².